The van der Waals surface area contributed by atoms with E-state index < -0.39 is 0 Å². The molecule has 3 heteroatoms. The summed E-state index contributed by atoms with van der Waals surface area (Å²) in [5.41, 5.74) is 7.09. The number of nitrogens with one attached hydrogen (secondary N) is 1. The zero-order chi connectivity index (χ0) is 5.86. The standard InChI is InChI=1S/C5H8NS.Y/c1-4(6)3-5(2)7;/h3,6-7H,1H2,2H3;/q-1;/b5-3+;. The Labute approximate surface area is 80.7 Å². The van der Waals surface area contributed by atoms with Gasteiger partial charge in [0.25, 0.3) is 0 Å². The van der Waals surface area contributed by atoms with Crippen molar-refractivity contribution in [3.63, 3.8) is 0 Å². The van der Waals surface area contributed by atoms with E-state index in [0.717, 1.165) is 4.91 Å². The fourth-order valence-electron chi connectivity index (χ4n) is 0.252. The van der Waals surface area contributed by atoms with E-state index in [0.29, 0.717) is 5.70 Å². The molecule has 0 fully saturated rings. The quantitative estimate of drug-likeness (QED) is 0.499. The second-order valence-electron chi connectivity index (χ2n) is 1.31. The Morgan fingerprint density at radius 1 is 1.75 bits per heavy atom. The van der Waals surface area contributed by atoms with Crippen LogP contribution in [0.1, 0.15) is 6.92 Å². The molecular weight excluding hydrogens is 195 g/mol. The van der Waals surface area contributed by atoms with Crippen LogP contribution in [-0.4, -0.2) is 0 Å². The van der Waals surface area contributed by atoms with Crippen molar-refractivity contribution in [1.82, 2.24) is 0 Å². The average Bonchev–Trinajstić information content (AvgIpc) is 1.27. The third-order valence-corrected chi connectivity index (χ3v) is 0.512. The number of thiol groups is 1. The van der Waals surface area contributed by atoms with Crippen LogP contribution < -0.4 is 0 Å². The maximum Gasteiger partial charge on any atom is 0 e. The van der Waals surface area contributed by atoms with Crippen LogP contribution in [0.2, 0.25) is 0 Å². The third-order valence-electron chi connectivity index (χ3n) is 0.383. The molecule has 0 aromatic heterocycles. The van der Waals surface area contributed by atoms with Gasteiger partial charge in [-0.2, -0.15) is 0 Å². The topological polar surface area (TPSA) is 23.8 Å². The monoisotopic (exact) mass is 203 g/mol. The Kier molecular flexibility index (Phi) is 8.44. The van der Waals surface area contributed by atoms with Crippen LogP contribution in [0, 0.1) is 0 Å². The Balaban J connectivity index is 0. The molecule has 0 aliphatic heterocycles. The first-order valence-corrected chi connectivity index (χ1v) is 2.35. The van der Waals surface area contributed by atoms with E-state index in [4.69, 9.17) is 5.73 Å². The molecule has 1 radical (unpaired) electrons. The normalized spacial score (nSPS) is 10.0. The molecule has 0 rings (SSSR count). The van der Waals surface area contributed by atoms with Crippen molar-refractivity contribution in [3.8, 4) is 0 Å². The van der Waals surface area contributed by atoms with Crippen molar-refractivity contribution in [2.45, 2.75) is 6.92 Å². The average molecular weight is 203 g/mol. The molecule has 0 atom stereocenters. The summed E-state index contributed by atoms with van der Waals surface area (Å²) in [4.78, 5) is 0.819. The molecule has 43 valence electrons. The fraction of sp³-hybridized carbons (Fsp3) is 0.200. The van der Waals surface area contributed by atoms with E-state index in [9.17, 15) is 0 Å². The van der Waals surface area contributed by atoms with Gasteiger partial charge in [-0.3, -0.25) is 0 Å². The molecule has 8 heavy (non-hydrogen) atoms. The van der Waals surface area contributed by atoms with Gasteiger partial charge in [0.15, 0.2) is 0 Å². The third kappa shape index (κ3) is 9.88. The zero-order valence-electron chi connectivity index (χ0n) is 4.81. The summed E-state index contributed by atoms with van der Waals surface area (Å²) in [6, 6.07) is 0. The van der Waals surface area contributed by atoms with E-state index in [1.807, 2.05) is 6.92 Å². The van der Waals surface area contributed by atoms with E-state index in [1.54, 1.807) is 6.08 Å². The van der Waals surface area contributed by atoms with Crippen LogP contribution in [0.4, 0.5) is 0 Å². The van der Waals surface area contributed by atoms with Gasteiger partial charge >= 0.3 is 0 Å². The molecule has 0 saturated heterocycles. The van der Waals surface area contributed by atoms with Gasteiger partial charge in [-0.1, -0.05) is 6.08 Å². The summed E-state index contributed by atoms with van der Waals surface area (Å²) in [6.45, 7) is 5.15. The first-order valence-electron chi connectivity index (χ1n) is 1.90. The van der Waals surface area contributed by atoms with Gasteiger partial charge in [0.2, 0.25) is 0 Å². The number of hydrogen-bond donors (Lipinski definition) is 1. The minimum atomic E-state index is 0. The van der Waals surface area contributed by atoms with Crippen LogP contribution in [0.15, 0.2) is 23.3 Å². The Morgan fingerprint density at radius 3 is 2.12 bits per heavy atom. The van der Waals surface area contributed by atoms with Crippen LogP contribution >= 0.6 is 12.6 Å². The van der Waals surface area contributed by atoms with Crippen molar-refractivity contribution < 1.29 is 32.7 Å². The second-order valence-corrected chi connectivity index (χ2v) is 2.02. The second kappa shape index (κ2) is 5.86. The molecule has 0 heterocycles. The zero-order valence-corrected chi connectivity index (χ0v) is 8.54. The maximum absolute atomic E-state index is 6.79. The molecule has 0 spiro atoms. The molecule has 1 nitrogen and oxygen atoms in total. The Hall–Kier alpha value is 0.734. The van der Waals surface area contributed by atoms with E-state index in [2.05, 4.69) is 19.2 Å². The maximum atomic E-state index is 6.79. The van der Waals surface area contributed by atoms with Gasteiger partial charge in [-0.25, -0.2) is 0 Å². The van der Waals surface area contributed by atoms with Gasteiger partial charge in [-0.15, -0.1) is 24.9 Å². The summed E-state index contributed by atoms with van der Waals surface area (Å²) in [7, 11) is 0. The van der Waals surface area contributed by atoms with Crippen molar-refractivity contribution in [2.75, 3.05) is 0 Å². The minimum Gasteiger partial charge on any atom is -0.699 e. The summed E-state index contributed by atoms with van der Waals surface area (Å²) in [5, 5.41) is 0. The Bertz CT molecular complexity index is 105. The molecule has 0 aliphatic rings. The summed E-state index contributed by atoms with van der Waals surface area (Å²) < 4.78 is 0. The van der Waals surface area contributed by atoms with Crippen molar-refractivity contribution in [3.05, 3.63) is 29.0 Å². The smallest absolute Gasteiger partial charge is 0 e. The molecule has 0 aromatic carbocycles. The van der Waals surface area contributed by atoms with Crippen LogP contribution in [0.5, 0.6) is 0 Å². The first-order chi connectivity index (χ1) is 3.13. The Morgan fingerprint density at radius 2 is 2.12 bits per heavy atom. The SMILES string of the molecule is C=C([NH-])/C=C(\C)S.[Y]. The van der Waals surface area contributed by atoms with Gasteiger partial charge in [0.05, 0.1) is 0 Å². The summed E-state index contributed by atoms with van der Waals surface area (Å²) in [5.74, 6) is 0. The largest absolute Gasteiger partial charge is 0.699 e. The van der Waals surface area contributed by atoms with Gasteiger partial charge < -0.3 is 5.73 Å². The van der Waals surface area contributed by atoms with Crippen molar-refractivity contribution >= 4 is 12.6 Å². The minimum absolute atomic E-state index is 0. The van der Waals surface area contributed by atoms with E-state index >= 15 is 0 Å². The van der Waals surface area contributed by atoms with Crippen LogP contribution in [0.3, 0.4) is 0 Å². The molecule has 0 aliphatic carbocycles. The molecule has 0 saturated carbocycles. The van der Waals surface area contributed by atoms with Crippen molar-refractivity contribution in [2.24, 2.45) is 0 Å². The predicted octanol–water partition coefficient (Wildman–Crippen LogP) is 2.38. The molecule has 0 unspecified atom stereocenters. The molecular formula is C5H8NSY-. The van der Waals surface area contributed by atoms with Gasteiger partial charge in [0, 0.05) is 32.7 Å². The fourth-order valence-corrected chi connectivity index (χ4v) is 0.408. The summed E-state index contributed by atoms with van der Waals surface area (Å²) >= 11 is 3.92. The van der Waals surface area contributed by atoms with Crippen LogP contribution in [0.25, 0.3) is 5.73 Å². The summed E-state index contributed by atoms with van der Waals surface area (Å²) in [6.07, 6.45) is 1.59. The number of allylic oxidation sites excluding steroid dienone is 2. The first kappa shape index (κ1) is 11.5. The number of rotatable bonds is 1. The molecule has 0 aromatic rings. The predicted molar refractivity (Wildman–Crippen MR) is 36.2 cm³/mol. The van der Waals surface area contributed by atoms with Crippen molar-refractivity contribution in [1.29, 1.82) is 0 Å². The van der Waals surface area contributed by atoms with Gasteiger partial charge in [0.1, 0.15) is 0 Å². The molecule has 1 N–H and O–H groups in total. The van der Waals surface area contributed by atoms with Crippen LogP contribution in [-0.2, 0) is 32.7 Å². The van der Waals surface area contributed by atoms with Gasteiger partial charge in [-0.05, 0) is 11.8 Å². The molecule has 0 bridgehead atoms. The van der Waals surface area contributed by atoms with E-state index in [-0.39, 0.29) is 32.7 Å². The number of hydrogen-bond acceptors (Lipinski definition) is 1. The van der Waals surface area contributed by atoms with E-state index in [1.165, 1.54) is 0 Å². The molecule has 0 amide bonds.